The molecule has 3 aliphatic heterocycles. The highest BCUT2D eigenvalue weighted by Crippen LogP contribution is 2.54. The van der Waals surface area contributed by atoms with E-state index in [1.807, 2.05) is 27.7 Å². The molecule has 206 valence electrons. The molecule has 4 atom stereocenters. The monoisotopic (exact) mass is 536 g/mol. The van der Waals surface area contributed by atoms with E-state index in [0.717, 1.165) is 0 Å². The van der Waals surface area contributed by atoms with Crippen molar-refractivity contribution in [3.05, 3.63) is 23.9 Å². The van der Waals surface area contributed by atoms with Crippen molar-refractivity contribution in [1.29, 1.82) is 0 Å². The van der Waals surface area contributed by atoms with Gasteiger partial charge in [0.1, 0.15) is 12.3 Å². The number of carboxylic acids is 1. The summed E-state index contributed by atoms with van der Waals surface area (Å²) in [6.45, 7) is 15.9. The Morgan fingerprint density at radius 1 is 1.16 bits per heavy atom. The van der Waals surface area contributed by atoms with Gasteiger partial charge in [-0.1, -0.05) is 33.4 Å². The Morgan fingerprint density at radius 2 is 1.76 bits per heavy atom. The number of carbonyl (C=O) groups excluding carboxylic acids is 3. The molecule has 3 heterocycles. The van der Waals surface area contributed by atoms with Crippen molar-refractivity contribution in [1.82, 2.24) is 19.8 Å². The van der Waals surface area contributed by atoms with Crippen LogP contribution in [0.2, 0.25) is 13.1 Å². The molecule has 0 radical (unpaired) electrons. The minimum atomic E-state index is -1.54. The Kier molecular flexibility index (Phi) is 7.86. The minimum absolute atomic E-state index is 0.0242. The topological polar surface area (TPSA) is 120 Å². The summed E-state index contributed by atoms with van der Waals surface area (Å²) in [7, 11) is 1.60. The highest BCUT2D eigenvalue weighted by atomic mass is 28.3. The number of aliphatic carboxylic acids is 1. The summed E-state index contributed by atoms with van der Waals surface area (Å²) in [5.41, 5.74) is -0.625. The average Bonchev–Trinajstić information content (AvgIpc) is 3.35. The summed E-state index contributed by atoms with van der Waals surface area (Å²) in [6, 6.07) is -0.785. The van der Waals surface area contributed by atoms with E-state index in [1.54, 1.807) is 14.1 Å². The molecule has 12 heteroatoms. The number of carbonyl (C=O) groups is 4. The molecule has 0 aromatic heterocycles. The maximum atomic E-state index is 13.5. The zero-order valence-electron chi connectivity index (χ0n) is 23.1. The molecule has 3 rings (SSSR count). The molecule has 0 spiro atoms. The Hall–Kier alpha value is -2.86. The average molecular weight is 537 g/mol. The SMILES string of the molecule is C=CCOC(=O)N1CC(C2=C(C(=O)O)N3C(=O)[C@H]([C@@](C)(O[SiH](C)C)C(C)(C)C)[C@H]3C2)CN1C(=O)N(C)C. The first-order chi connectivity index (χ1) is 17.1. The van der Waals surface area contributed by atoms with Crippen molar-refractivity contribution in [3.63, 3.8) is 0 Å². The van der Waals surface area contributed by atoms with Gasteiger partial charge in [0.2, 0.25) is 5.91 Å². The Morgan fingerprint density at radius 3 is 2.24 bits per heavy atom. The second-order valence-electron chi connectivity index (χ2n) is 11.6. The molecule has 0 aliphatic carbocycles. The smallest absolute Gasteiger partial charge is 0.429 e. The summed E-state index contributed by atoms with van der Waals surface area (Å²) in [5.74, 6) is -2.42. The zero-order chi connectivity index (χ0) is 28.0. The third-order valence-corrected chi connectivity index (χ3v) is 8.63. The molecule has 0 saturated carbocycles. The molecule has 2 saturated heterocycles. The van der Waals surface area contributed by atoms with Gasteiger partial charge in [0.15, 0.2) is 9.04 Å². The summed E-state index contributed by atoms with van der Waals surface area (Å²) >= 11 is 0. The Balaban J connectivity index is 1.96. The number of hydrogen-bond donors (Lipinski definition) is 1. The molecule has 3 aliphatic rings. The number of ether oxygens (including phenoxy) is 1. The largest absolute Gasteiger partial charge is 0.477 e. The van der Waals surface area contributed by atoms with Crippen molar-refractivity contribution in [3.8, 4) is 0 Å². The van der Waals surface area contributed by atoms with Gasteiger partial charge in [0.05, 0.1) is 30.7 Å². The molecule has 1 N–H and O–H groups in total. The number of nitrogens with zero attached hydrogens (tertiary/aromatic N) is 4. The van der Waals surface area contributed by atoms with Gasteiger partial charge in [-0.05, 0) is 37.4 Å². The van der Waals surface area contributed by atoms with E-state index in [0.29, 0.717) is 12.0 Å². The van der Waals surface area contributed by atoms with Gasteiger partial charge in [-0.25, -0.2) is 24.4 Å². The van der Waals surface area contributed by atoms with Crippen LogP contribution in [-0.2, 0) is 18.8 Å². The van der Waals surface area contributed by atoms with E-state index in [2.05, 4.69) is 19.7 Å². The van der Waals surface area contributed by atoms with Crippen LogP contribution >= 0.6 is 0 Å². The van der Waals surface area contributed by atoms with Crippen molar-refractivity contribution in [2.45, 2.75) is 58.9 Å². The molecule has 2 fully saturated rings. The standard InChI is InChI=1S/C25H40N4O7Si/c1-10-11-35-23(34)28-14-15(13-27(28)22(33)26(6)7)16-12-17-18(20(30)29(17)19(16)21(31)32)25(5,24(2,3)4)36-37(8)9/h10,15,17-18,37H,1,11-14H2,2-9H3,(H,31,32)/t15?,17-,18-,25-/m1/s1. The van der Waals surface area contributed by atoms with Gasteiger partial charge in [-0.3, -0.25) is 4.79 Å². The second kappa shape index (κ2) is 10.1. The predicted octanol–water partition coefficient (Wildman–Crippen LogP) is 2.51. The van der Waals surface area contributed by atoms with E-state index >= 15 is 0 Å². The molecule has 1 unspecified atom stereocenters. The quantitative estimate of drug-likeness (QED) is 0.302. The maximum absolute atomic E-state index is 13.5. The lowest BCUT2D eigenvalue weighted by atomic mass is 9.63. The van der Waals surface area contributed by atoms with Gasteiger partial charge in [-0.15, -0.1) is 0 Å². The number of β-lactam (4-membered cyclic amide) rings is 1. The summed E-state index contributed by atoms with van der Waals surface area (Å²) in [6.07, 6.45) is 1.05. The number of hydrogen-bond acceptors (Lipinski definition) is 6. The van der Waals surface area contributed by atoms with Gasteiger partial charge in [-0.2, -0.15) is 0 Å². The molecule has 11 nitrogen and oxygen atoms in total. The Bertz CT molecular complexity index is 1020. The second-order valence-corrected chi connectivity index (χ2v) is 13.9. The third-order valence-electron chi connectivity index (χ3n) is 7.67. The van der Waals surface area contributed by atoms with Crippen LogP contribution in [0.5, 0.6) is 0 Å². The van der Waals surface area contributed by atoms with Crippen molar-refractivity contribution < 1.29 is 33.4 Å². The Labute approximate surface area is 220 Å². The number of amides is 4. The van der Waals surface area contributed by atoms with Crippen LogP contribution in [0.4, 0.5) is 9.59 Å². The molecule has 37 heavy (non-hydrogen) atoms. The highest BCUT2D eigenvalue weighted by Gasteiger charge is 2.65. The van der Waals surface area contributed by atoms with Gasteiger partial charge in [0.25, 0.3) is 0 Å². The number of carboxylic acid groups (broad SMARTS) is 1. The fourth-order valence-corrected chi connectivity index (χ4v) is 7.08. The van der Waals surface area contributed by atoms with Crippen LogP contribution in [0, 0.1) is 17.3 Å². The predicted molar refractivity (Wildman–Crippen MR) is 139 cm³/mol. The van der Waals surface area contributed by atoms with Crippen molar-refractivity contribution >= 4 is 33.0 Å². The number of urea groups is 1. The van der Waals surface area contributed by atoms with E-state index < -0.39 is 44.6 Å². The van der Waals surface area contributed by atoms with E-state index in [4.69, 9.17) is 9.16 Å². The highest BCUT2D eigenvalue weighted by molar-refractivity contribution is 6.48. The van der Waals surface area contributed by atoms with Gasteiger partial charge >= 0.3 is 18.1 Å². The van der Waals surface area contributed by atoms with Crippen LogP contribution in [0.25, 0.3) is 0 Å². The lowest BCUT2D eigenvalue weighted by Gasteiger charge is -2.57. The first-order valence-electron chi connectivity index (χ1n) is 12.6. The summed E-state index contributed by atoms with van der Waals surface area (Å²) in [4.78, 5) is 54.3. The first-order valence-corrected chi connectivity index (χ1v) is 15.4. The fourth-order valence-electron chi connectivity index (χ4n) is 5.60. The first kappa shape index (κ1) is 28.7. The van der Waals surface area contributed by atoms with Crippen LogP contribution in [0.15, 0.2) is 23.9 Å². The van der Waals surface area contributed by atoms with E-state index in [1.165, 1.54) is 25.9 Å². The third kappa shape index (κ3) is 4.88. The van der Waals surface area contributed by atoms with Crippen LogP contribution in [0.1, 0.15) is 34.1 Å². The number of fused-ring (bicyclic) bond motifs is 1. The molecule has 0 bridgehead atoms. The van der Waals surface area contributed by atoms with E-state index in [9.17, 15) is 24.3 Å². The fraction of sp³-hybridized carbons (Fsp3) is 0.680. The molecule has 0 aromatic rings. The molecule has 4 amide bonds. The number of rotatable bonds is 7. The summed E-state index contributed by atoms with van der Waals surface area (Å²) < 4.78 is 11.7. The normalized spacial score (nSPS) is 25.2. The van der Waals surface area contributed by atoms with Crippen LogP contribution in [-0.4, -0.2) is 103 Å². The maximum Gasteiger partial charge on any atom is 0.429 e. The lowest BCUT2D eigenvalue weighted by Crippen LogP contribution is -2.70. The van der Waals surface area contributed by atoms with Crippen LogP contribution < -0.4 is 0 Å². The minimum Gasteiger partial charge on any atom is -0.477 e. The van der Waals surface area contributed by atoms with Crippen molar-refractivity contribution in [2.24, 2.45) is 17.3 Å². The molecular formula is C25H40N4O7Si. The lowest BCUT2D eigenvalue weighted by molar-refractivity contribution is -0.180. The van der Waals surface area contributed by atoms with E-state index in [-0.39, 0.29) is 42.8 Å². The van der Waals surface area contributed by atoms with Gasteiger partial charge < -0.3 is 24.1 Å². The molecule has 0 aromatic carbocycles. The molecular weight excluding hydrogens is 496 g/mol. The summed E-state index contributed by atoms with van der Waals surface area (Å²) in [5, 5.41) is 12.6. The zero-order valence-corrected chi connectivity index (χ0v) is 24.3. The van der Waals surface area contributed by atoms with Crippen LogP contribution in [0.3, 0.4) is 0 Å². The van der Waals surface area contributed by atoms with Gasteiger partial charge in [0, 0.05) is 20.0 Å². The number of hydrazine groups is 1. The van der Waals surface area contributed by atoms with Crippen molar-refractivity contribution in [2.75, 3.05) is 33.8 Å².